The van der Waals surface area contributed by atoms with Crippen LogP contribution in [0.3, 0.4) is 0 Å². The Morgan fingerprint density at radius 1 is 1.26 bits per heavy atom. The Bertz CT molecular complexity index is 1270. The van der Waals surface area contributed by atoms with E-state index in [0.29, 0.717) is 50.1 Å². The minimum absolute atomic E-state index is 0.207. The maximum atomic E-state index is 13.0. The van der Waals surface area contributed by atoms with Crippen LogP contribution < -0.4 is 10.5 Å². The summed E-state index contributed by atoms with van der Waals surface area (Å²) in [7, 11) is 1.58. The standard InChI is InChI=1S/C24H28ClN5O4S/c1-33-11-9-30-15-27-16-2-3-18(21(25)20(16)23(30)32)35-19-12-26-22(17(13-31)28-19)29-7-4-24(5-8-29)6-10-34-14-24/h2-3,12,15,31H,4-11,13-14H2,1H3. The second kappa shape index (κ2) is 10.4. The van der Waals surface area contributed by atoms with Crippen LogP contribution in [-0.4, -0.2) is 64.6 Å². The second-order valence-electron chi connectivity index (χ2n) is 9.04. The first-order chi connectivity index (χ1) is 17.0. The first-order valence-electron chi connectivity index (χ1n) is 11.7. The lowest BCUT2D eigenvalue weighted by Crippen LogP contribution is -2.41. The molecule has 2 aliphatic rings. The summed E-state index contributed by atoms with van der Waals surface area (Å²) in [5, 5.41) is 11.3. The summed E-state index contributed by atoms with van der Waals surface area (Å²) in [5.74, 6) is 0.723. The van der Waals surface area contributed by atoms with Gasteiger partial charge in [0.05, 0.1) is 54.8 Å². The van der Waals surface area contributed by atoms with E-state index < -0.39 is 0 Å². The SMILES string of the molecule is COCCn1cnc2ccc(Sc3cnc(N4CCC5(CCOC5)CC4)c(CO)n3)c(Cl)c2c1=O. The van der Waals surface area contributed by atoms with Gasteiger partial charge in [0.1, 0.15) is 10.7 Å². The molecule has 2 saturated heterocycles. The zero-order valence-corrected chi connectivity index (χ0v) is 21.1. The Hall–Kier alpha value is -2.24. The number of fused-ring (bicyclic) bond motifs is 1. The molecule has 3 aromatic rings. The molecule has 2 aliphatic heterocycles. The maximum absolute atomic E-state index is 13.0. The molecule has 0 unspecified atom stereocenters. The van der Waals surface area contributed by atoms with Crippen molar-refractivity contribution in [1.82, 2.24) is 19.5 Å². The lowest BCUT2D eigenvalue weighted by molar-refractivity contribution is 0.133. The fourth-order valence-corrected chi connectivity index (χ4v) is 5.96. The van der Waals surface area contributed by atoms with Crippen molar-refractivity contribution in [1.29, 1.82) is 0 Å². The number of benzene rings is 1. The summed E-state index contributed by atoms with van der Waals surface area (Å²) in [4.78, 5) is 29.5. The Morgan fingerprint density at radius 2 is 2.09 bits per heavy atom. The number of aliphatic hydroxyl groups is 1. The van der Waals surface area contributed by atoms with Gasteiger partial charge in [-0.15, -0.1) is 0 Å². The van der Waals surface area contributed by atoms with E-state index >= 15 is 0 Å². The highest BCUT2D eigenvalue weighted by Gasteiger charge is 2.38. The lowest BCUT2D eigenvalue weighted by Gasteiger charge is -2.39. The van der Waals surface area contributed by atoms with Crippen molar-refractivity contribution in [3.05, 3.63) is 45.7 Å². The fourth-order valence-electron chi connectivity index (χ4n) is 4.79. The van der Waals surface area contributed by atoms with Gasteiger partial charge in [0, 0.05) is 31.7 Å². The highest BCUT2D eigenvalue weighted by Crippen LogP contribution is 2.41. The van der Waals surface area contributed by atoms with Crippen LogP contribution in [-0.2, 0) is 22.6 Å². The zero-order chi connectivity index (χ0) is 24.4. The summed E-state index contributed by atoms with van der Waals surface area (Å²) >= 11 is 7.98. The number of anilines is 1. The Morgan fingerprint density at radius 3 is 2.80 bits per heavy atom. The van der Waals surface area contributed by atoms with E-state index in [2.05, 4.69) is 19.9 Å². The molecule has 35 heavy (non-hydrogen) atoms. The molecule has 1 spiro atoms. The molecule has 4 heterocycles. The Labute approximate surface area is 212 Å². The van der Waals surface area contributed by atoms with Crippen LogP contribution in [0.15, 0.2) is 39.4 Å². The highest BCUT2D eigenvalue weighted by atomic mass is 35.5. The molecule has 186 valence electrons. The Kier molecular flexibility index (Phi) is 7.26. The van der Waals surface area contributed by atoms with Gasteiger partial charge in [0.25, 0.3) is 5.56 Å². The largest absolute Gasteiger partial charge is 0.390 e. The molecule has 5 rings (SSSR count). The monoisotopic (exact) mass is 517 g/mol. The first-order valence-corrected chi connectivity index (χ1v) is 12.9. The molecule has 0 atom stereocenters. The molecule has 2 aromatic heterocycles. The lowest BCUT2D eigenvalue weighted by atomic mass is 9.78. The smallest absolute Gasteiger partial charge is 0.262 e. The molecular weight excluding hydrogens is 490 g/mol. The molecule has 1 N–H and O–H groups in total. The zero-order valence-electron chi connectivity index (χ0n) is 19.6. The predicted octanol–water partition coefficient (Wildman–Crippen LogP) is 3.14. The van der Waals surface area contributed by atoms with Crippen molar-refractivity contribution in [3.63, 3.8) is 0 Å². The third kappa shape index (κ3) is 4.90. The van der Waals surface area contributed by atoms with Gasteiger partial charge < -0.3 is 19.5 Å². The van der Waals surface area contributed by atoms with Crippen LogP contribution in [0.2, 0.25) is 5.02 Å². The third-order valence-corrected chi connectivity index (χ3v) is 8.38. The number of halogens is 1. The van der Waals surface area contributed by atoms with E-state index in [1.165, 1.54) is 22.7 Å². The molecule has 2 fully saturated rings. The molecular formula is C24H28ClN5O4S. The predicted molar refractivity (Wildman–Crippen MR) is 134 cm³/mol. The van der Waals surface area contributed by atoms with Gasteiger partial charge in [0.15, 0.2) is 5.82 Å². The topological polar surface area (TPSA) is 103 Å². The Balaban J connectivity index is 1.38. The van der Waals surface area contributed by atoms with Crippen LogP contribution in [0.1, 0.15) is 25.0 Å². The van der Waals surface area contributed by atoms with Crippen molar-refractivity contribution in [2.45, 2.75) is 42.3 Å². The molecule has 0 bridgehead atoms. The number of aromatic nitrogens is 4. The van der Waals surface area contributed by atoms with Gasteiger partial charge in [-0.05, 0) is 36.8 Å². The van der Waals surface area contributed by atoms with Crippen LogP contribution in [0.4, 0.5) is 5.82 Å². The number of aliphatic hydroxyl groups excluding tert-OH is 1. The first kappa shape index (κ1) is 24.5. The number of piperidine rings is 1. The van der Waals surface area contributed by atoms with E-state index in [9.17, 15) is 9.90 Å². The average molecular weight is 518 g/mol. The molecule has 0 aliphatic carbocycles. The average Bonchev–Trinajstić information content (AvgIpc) is 3.33. The van der Waals surface area contributed by atoms with E-state index in [1.807, 2.05) is 6.07 Å². The summed E-state index contributed by atoms with van der Waals surface area (Å²) in [6.07, 6.45) is 6.43. The van der Waals surface area contributed by atoms with E-state index in [0.717, 1.165) is 51.4 Å². The normalized spacial score (nSPS) is 17.5. The number of hydrogen-bond donors (Lipinski definition) is 1. The number of methoxy groups -OCH3 is 1. The summed E-state index contributed by atoms with van der Waals surface area (Å²) in [6.45, 7) is 4.02. The van der Waals surface area contributed by atoms with Crippen molar-refractivity contribution in [3.8, 4) is 0 Å². The van der Waals surface area contributed by atoms with E-state index in [-0.39, 0.29) is 12.2 Å². The quantitative estimate of drug-likeness (QED) is 0.506. The van der Waals surface area contributed by atoms with Crippen LogP contribution in [0.5, 0.6) is 0 Å². The van der Waals surface area contributed by atoms with E-state index in [1.54, 1.807) is 19.4 Å². The maximum Gasteiger partial charge on any atom is 0.262 e. The minimum atomic E-state index is -0.215. The fraction of sp³-hybridized carbons (Fsp3) is 0.500. The van der Waals surface area contributed by atoms with Crippen molar-refractivity contribution < 1.29 is 14.6 Å². The van der Waals surface area contributed by atoms with Gasteiger partial charge in [-0.25, -0.2) is 15.0 Å². The summed E-state index contributed by atoms with van der Waals surface area (Å²) in [5.41, 5.74) is 1.15. The molecule has 0 radical (unpaired) electrons. The molecule has 9 nitrogen and oxygen atoms in total. The van der Waals surface area contributed by atoms with Crippen molar-refractivity contribution >= 4 is 40.1 Å². The summed E-state index contributed by atoms with van der Waals surface area (Å²) < 4.78 is 12.2. The number of nitrogens with zero attached hydrogens (tertiary/aromatic N) is 5. The number of ether oxygens (including phenoxy) is 2. The van der Waals surface area contributed by atoms with Crippen LogP contribution >= 0.6 is 23.4 Å². The van der Waals surface area contributed by atoms with Gasteiger partial charge in [-0.1, -0.05) is 23.4 Å². The van der Waals surface area contributed by atoms with Crippen molar-refractivity contribution in [2.24, 2.45) is 5.41 Å². The number of hydrogen-bond acceptors (Lipinski definition) is 9. The summed E-state index contributed by atoms with van der Waals surface area (Å²) in [6, 6.07) is 3.60. The highest BCUT2D eigenvalue weighted by molar-refractivity contribution is 7.99. The third-order valence-electron chi connectivity index (χ3n) is 6.91. The van der Waals surface area contributed by atoms with Gasteiger partial charge >= 0.3 is 0 Å². The second-order valence-corrected chi connectivity index (χ2v) is 10.5. The van der Waals surface area contributed by atoms with E-state index in [4.69, 9.17) is 21.1 Å². The minimum Gasteiger partial charge on any atom is -0.390 e. The van der Waals surface area contributed by atoms with Crippen molar-refractivity contribution in [2.75, 3.05) is 44.9 Å². The molecule has 0 saturated carbocycles. The molecule has 11 heteroatoms. The van der Waals surface area contributed by atoms with Gasteiger partial charge in [-0.3, -0.25) is 9.36 Å². The van der Waals surface area contributed by atoms with Crippen LogP contribution in [0.25, 0.3) is 10.9 Å². The van der Waals surface area contributed by atoms with Crippen LogP contribution in [0, 0.1) is 5.41 Å². The van der Waals surface area contributed by atoms with Gasteiger partial charge in [-0.2, -0.15) is 0 Å². The molecule has 1 aromatic carbocycles. The molecule has 0 amide bonds. The van der Waals surface area contributed by atoms with Gasteiger partial charge in [0.2, 0.25) is 0 Å². The number of rotatable bonds is 7.